The maximum Gasteiger partial charge on any atom is 0.130 e. The maximum absolute atomic E-state index is 11.4. The molecule has 1 nitrogen and oxygen atoms in total. The number of rotatable bonds is 11. The summed E-state index contributed by atoms with van der Waals surface area (Å²) in [5.41, 5.74) is 1.13. The summed E-state index contributed by atoms with van der Waals surface area (Å²) >= 11 is 9.35. The van der Waals surface area contributed by atoms with Crippen molar-refractivity contribution < 1.29 is 4.79 Å². The molecule has 1 aromatic rings. The van der Waals surface area contributed by atoms with Crippen molar-refractivity contribution in [3.8, 4) is 0 Å². The Kier molecular flexibility index (Phi) is 10.5. The molecule has 0 heterocycles. The molecular formula is C19H26BrClO. The zero-order valence-corrected chi connectivity index (χ0v) is 15.7. The van der Waals surface area contributed by atoms with Crippen LogP contribution in [-0.4, -0.2) is 11.1 Å². The Morgan fingerprint density at radius 1 is 1.14 bits per heavy atom. The molecule has 0 bridgehead atoms. The van der Waals surface area contributed by atoms with Crippen molar-refractivity contribution in [1.82, 2.24) is 0 Å². The van der Waals surface area contributed by atoms with Crippen molar-refractivity contribution in [1.29, 1.82) is 0 Å². The Labute approximate surface area is 148 Å². The molecule has 3 heteroatoms. The quantitative estimate of drug-likeness (QED) is 0.306. The summed E-state index contributed by atoms with van der Waals surface area (Å²) in [4.78, 5) is 11.4. The van der Waals surface area contributed by atoms with Gasteiger partial charge in [-0.15, -0.1) is 0 Å². The van der Waals surface area contributed by atoms with Crippen LogP contribution in [0.2, 0.25) is 5.02 Å². The van der Waals surface area contributed by atoms with Gasteiger partial charge in [-0.05, 0) is 43.4 Å². The standard InChI is InChI=1S/C19H26BrClO/c1-16(22)15-18(7-5-3-2-4-6-14-20)9-8-17-10-12-19(21)13-11-17/h8-13,18H,2-7,14-15H2,1H3/b9-8+/t18-/m1/s1. The largest absolute Gasteiger partial charge is 0.300 e. The number of allylic oxidation sites excluding steroid dienone is 1. The van der Waals surface area contributed by atoms with Gasteiger partial charge < -0.3 is 4.79 Å². The predicted molar refractivity (Wildman–Crippen MR) is 101 cm³/mol. The number of hydrogen-bond donors (Lipinski definition) is 0. The van der Waals surface area contributed by atoms with E-state index < -0.39 is 0 Å². The van der Waals surface area contributed by atoms with Gasteiger partial charge in [0.25, 0.3) is 0 Å². The Morgan fingerprint density at radius 2 is 1.77 bits per heavy atom. The molecule has 0 spiro atoms. The van der Waals surface area contributed by atoms with Crippen LogP contribution in [0.4, 0.5) is 0 Å². The van der Waals surface area contributed by atoms with Crippen LogP contribution in [0.3, 0.4) is 0 Å². The molecule has 122 valence electrons. The first-order chi connectivity index (χ1) is 10.6. The smallest absolute Gasteiger partial charge is 0.130 e. The molecule has 0 N–H and O–H groups in total. The minimum atomic E-state index is 0.269. The molecule has 0 unspecified atom stereocenters. The Morgan fingerprint density at radius 3 is 2.41 bits per heavy atom. The second-order valence-corrected chi connectivity index (χ2v) is 7.05. The van der Waals surface area contributed by atoms with Crippen LogP contribution in [0.1, 0.15) is 57.4 Å². The maximum atomic E-state index is 11.4. The van der Waals surface area contributed by atoms with Crippen molar-refractivity contribution in [2.45, 2.75) is 51.9 Å². The number of carbonyl (C=O) groups is 1. The molecule has 0 aliphatic carbocycles. The molecule has 1 rings (SSSR count). The predicted octanol–water partition coefficient (Wildman–Crippen LogP) is 6.68. The lowest BCUT2D eigenvalue weighted by molar-refractivity contribution is -0.117. The van der Waals surface area contributed by atoms with Gasteiger partial charge >= 0.3 is 0 Å². The van der Waals surface area contributed by atoms with Gasteiger partial charge in [-0.25, -0.2) is 0 Å². The van der Waals surface area contributed by atoms with E-state index in [1.165, 1.54) is 32.1 Å². The molecule has 0 radical (unpaired) electrons. The van der Waals surface area contributed by atoms with Crippen molar-refractivity contribution in [2.24, 2.45) is 5.92 Å². The number of carbonyl (C=O) groups excluding carboxylic acids is 1. The van der Waals surface area contributed by atoms with Gasteiger partial charge in [-0.1, -0.05) is 77.5 Å². The van der Waals surface area contributed by atoms with E-state index in [-0.39, 0.29) is 5.78 Å². The van der Waals surface area contributed by atoms with Crippen LogP contribution in [0, 0.1) is 5.92 Å². The van der Waals surface area contributed by atoms with Crippen molar-refractivity contribution >= 4 is 39.4 Å². The first-order valence-electron chi connectivity index (χ1n) is 8.11. The fraction of sp³-hybridized carbons (Fsp3) is 0.526. The van der Waals surface area contributed by atoms with E-state index in [1.807, 2.05) is 24.3 Å². The fourth-order valence-corrected chi connectivity index (χ4v) is 3.01. The first kappa shape index (κ1) is 19.4. The molecule has 0 saturated heterocycles. The second-order valence-electron chi connectivity index (χ2n) is 5.82. The monoisotopic (exact) mass is 384 g/mol. The van der Waals surface area contributed by atoms with Crippen molar-refractivity contribution in [3.05, 3.63) is 40.9 Å². The van der Waals surface area contributed by atoms with Gasteiger partial charge in [0.15, 0.2) is 0 Å². The van der Waals surface area contributed by atoms with E-state index >= 15 is 0 Å². The van der Waals surface area contributed by atoms with Gasteiger partial charge in [0.05, 0.1) is 0 Å². The Balaban J connectivity index is 2.42. The van der Waals surface area contributed by atoms with E-state index in [2.05, 4.69) is 28.1 Å². The summed E-state index contributed by atoms with van der Waals surface area (Å²) in [7, 11) is 0. The van der Waals surface area contributed by atoms with Crippen molar-refractivity contribution in [2.75, 3.05) is 5.33 Å². The summed E-state index contributed by atoms with van der Waals surface area (Å²) in [6.45, 7) is 1.68. The van der Waals surface area contributed by atoms with Crippen LogP contribution < -0.4 is 0 Å². The number of halogens is 2. The number of Topliss-reactive ketones (excluding diaryl/α,β-unsaturated/α-hetero) is 1. The highest BCUT2D eigenvalue weighted by molar-refractivity contribution is 9.09. The highest BCUT2D eigenvalue weighted by Crippen LogP contribution is 2.19. The second kappa shape index (κ2) is 11.9. The van der Waals surface area contributed by atoms with E-state index in [4.69, 9.17) is 11.6 Å². The highest BCUT2D eigenvalue weighted by Gasteiger charge is 2.07. The van der Waals surface area contributed by atoms with Gasteiger partial charge in [0.1, 0.15) is 5.78 Å². The van der Waals surface area contributed by atoms with Crippen LogP contribution in [0.15, 0.2) is 30.3 Å². The third-order valence-corrected chi connectivity index (χ3v) is 4.50. The number of benzene rings is 1. The normalized spacial score (nSPS) is 12.7. The summed E-state index contributed by atoms with van der Waals surface area (Å²) in [5.74, 6) is 0.620. The molecule has 0 saturated carbocycles. The molecule has 22 heavy (non-hydrogen) atoms. The fourth-order valence-electron chi connectivity index (χ4n) is 2.49. The van der Waals surface area contributed by atoms with Crippen LogP contribution >= 0.6 is 27.5 Å². The summed E-state index contributed by atoms with van der Waals surface area (Å²) < 4.78 is 0. The molecule has 0 fully saturated rings. The number of alkyl halides is 1. The minimum absolute atomic E-state index is 0.269. The summed E-state index contributed by atoms with van der Waals surface area (Å²) in [6, 6.07) is 7.80. The topological polar surface area (TPSA) is 17.1 Å². The lowest BCUT2D eigenvalue weighted by Crippen LogP contribution is -2.03. The zero-order chi connectivity index (χ0) is 16.2. The Hall–Kier alpha value is -0.600. The molecule has 0 aliphatic rings. The molecule has 1 aromatic carbocycles. The number of unbranched alkanes of at least 4 members (excludes halogenated alkanes) is 4. The third-order valence-electron chi connectivity index (χ3n) is 3.69. The molecule has 0 amide bonds. The Bertz CT molecular complexity index is 453. The van der Waals surface area contributed by atoms with Crippen molar-refractivity contribution in [3.63, 3.8) is 0 Å². The van der Waals surface area contributed by atoms with Gasteiger partial charge in [0, 0.05) is 16.8 Å². The number of ketones is 1. The van der Waals surface area contributed by atoms with Gasteiger partial charge in [-0.2, -0.15) is 0 Å². The number of hydrogen-bond acceptors (Lipinski definition) is 1. The summed E-state index contributed by atoms with van der Waals surface area (Å²) in [5, 5.41) is 1.85. The van der Waals surface area contributed by atoms with Crippen LogP contribution in [-0.2, 0) is 4.79 Å². The van der Waals surface area contributed by atoms with E-state index in [1.54, 1.807) is 6.92 Å². The average molecular weight is 386 g/mol. The van der Waals surface area contributed by atoms with E-state index in [0.29, 0.717) is 12.3 Å². The average Bonchev–Trinajstić information content (AvgIpc) is 2.49. The summed E-state index contributed by atoms with van der Waals surface area (Å²) in [6.07, 6.45) is 12.3. The van der Waals surface area contributed by atoms with Gasteiger partial charge in [-0.3, -0.25) is 0 Å². The van der Waals surface area contributed by atoms with E-state index in [0.717, 1.165) is 22.3 Å². The molecule has 0 aromatic heterocycles. The SMILES string of the molecule is CC(=O)C[C@@H](/C=C/c1ccc(Cl)cc1)CCCCCCCBr. The first-order valence-corrected chi connectivity index (χ1v) is 9.61. The molecular weight excluding hydrogens is 360 g/mol. The molecule has 0 aliphatic heterocycles. The highest BCUT2D eigenvalue weighted by atomic mass is 79.9. The lowest BCUT2D eigenvalue weighted by atomic mass is 9.94. The third kappa shape index (κ3) is 9.42. The zero-order valence-electron chi connectivity index (χ0n) is 13.4. The van der Waals surface area contributed by atoms with Gasteiger partial charge in [0.2, 0.25) is 0 Å². The lowest BCUT2D eigenvalue weighted by Gasteiger charge is -2.11. The van der Waals surface area contributed by atoms with Crippen LogP contribution in [0.5, 0.6) is 0 Å². The van der Waals surface area contributed by atoms with E-state index in [9.17, 15) is 4.79 Å². The van der Waals surface area contributed by atoms with Crippen LogP contribution in [0.25, 0.3) is 6.08 Å². The molecule has 1 atom stereocenters. The minimum Gasteiger partial charge on any atom is -0.300 e.